The van der Waals surface area contributed by atoms with Crippen LogP contribution in [0.25, 0.3) is 0 Å². The summed E-state index contributed by atoms with van der Waals surface area (Å²) in [5.41, 5.74) is 2.61. The molecule has 1 aliphatic heterocycles. The summed E-state index contributed by atoms with van der Waals surface area (Å²) in [6, 6.07) is 1.88. The minimum atomic E-state index is 0.215. The summed E-state index contributed by atoms with van der Waals surface area (Å²) in [6.07, 6.45) is 0. The second kappa shape index (κ2) is 6.83. The monoisotopic (exact) mass is 280 g/mol. The van der Waals surface area contributed by atoms with Gasteiger partial charge in [-0.25, -0.2) is 15.8 Å². The van der Waals surface area contributed by atoms with Crippen LogP contribution in [0.15, 0.2) is 6.07 Å². The van der Waals surface area contributed by atoms with Gasteiger partial charge in [0.05, 0.1) is 6.61 Å². The third-order valence-electron chi connectivity index (χ3n) is 3.51. The molecule has 0 unspecified atom stereocenters. The second-order valence-corrected chi connectivity index (χ2v) is 5.32. The number of nitrogens with one attached hydrogen (secondary N) is 1. The molecule has 1 aromatic rings. The lowest BCUT2D eigenvalue weighted by Crippen LogP contribution is -2.47. The van der Waals surface area contributed by atoms with Crippen LogP contribution in [0.3, 0.4) is 0 Å². The number of nitrogen functional groups attached to an aromatic ring is 1. The van der Waals surface area contributed by atoms with E-state index in [1.165, 1.54) is 0 Å². The molecule has 2 rings (SSSR count). The van der Waals surface area contributed by atoms with Crippen LogP contribution in [0.1, 0.15) is 25.6 Å². The van der Waals surface area contributed by atoms with Gasteiger partial charge in [-0.3, -0.25) is 4.90 Å². The lowest BCUT2D eigenvalue weighted by Gasteiger charge is -2.35. The average Bonchev–Trinajstić information content (AvgIpc) is 2.47. The molecule has 0 amide bonds. The van der Waals surface area contributed by atoms with Gasteiger partial charge in [0.2, 0.25) is 0 Å². The van der Waals surface area contributed by atoms with Crippen LogP contribution in [0, 0.1) is 0 Å². The highest BCUT2D eigenvalue weighted by atomic mass is 16.3. The summed E-state index contributed by atoms with van der Waals surface area (Å²) in [4.78, 5) is 13.5. The average molecular weight is 280 g/mol. The number of aliphatic hydroxyl groups excluding tert-OH is 1. The highest BCUT2D eigenvalue weighted by Gasteiger charge is 2.19. The van der Waals surface area contributed by atoms with Gasteiger partial charge in [-0.2, -0.15) is 0 Å². The van der Waals surface area contributed by atoms with E-state index in [0.717, 1.165) is 44.4 Å². The lowest BCUT2D eigenvalue weighted by atomic mass is 10.2. The second-order valence-electron chi connectivity index (χ2n) is 5.32. The molecule has 1 fully saturated rings. The molecule has 1 aliphatic rings. The van der Waals surface area contributed by atoms with Crippen LogP contribution < -0.4 is 16.2 Å². The topological polar surface area (TPSA) is 90.5 Å². The predicted octanol–water partition coefficient (Wildman–Crippen LogP) is -0.0001000. The van der Waals surface area contributed by atoms with E-state index in [1.54, 1.807) is 0 Å². The number of nitrogens with two attached hydrogens (primary N) is 1. The van der Waals surface area contributed by atoms with E-state index >= 15 is 0 Å². The highest BCUT2D eigenvalue weighted by Crippen LogP contribution is 2.20. The van der Waals surface area contributed by atoms with Crippen molar-refractivity contribution in [1.82, 2.24) is 14.9 Å². The Balaban J connectivity index is 2.10. The molecule has 0 bridgehead atoms. The van der Waals surface area contributed by atoms with Gasteiger partial charge in [0, 0.05) is 44.7 Å². The first-order valence-corrected chi connectivity index (χ1v) is 7.07. The highest BCUT2D eigenvalue weighted by molar-refractivity contribution is 5.49. The van der Waals surface area contributed by atoms with Gasteiger partial charge in [0.15, 0.2) is 0 Å². The maximum atomic E-state index is 8.97. The maximum absolute atomic E-state index is 8.97. The van der Waals surface area contributed by atoms with Gasteiger partial charge in [-0.1, -0.05) is 13.8 Å². The van der Waals surface area contributed by atoms with Gasteiger partial charge in [-0.05, 0) is 0 Å². The fraction of sp³-hybridized carbons (Fsp3) is 0.692. The maximum Gasteiger partial charge on any atom is 0.145 e. The number of piperazine rings is 1. The summed E-state index contributed by atoms with van der Waals surface area (Å²) in [7, 11) is 0. The number of hydrogen-bond acceptors (Lipinski definition) is 7. The Bertz CT molecular complexity index is 431. The normalized spacial score (nSPS) is 16.8. The van der Waals surface area contributed by atoms with Crippen molar-refractivity contribution in [3.05, 3.63) is 11.9 Å². The van der Waals surface area contributed by atoms with Crippen LogP contribution in [0.2, 0.25) is 0 Å². The number of hydrazine groups is 1. The van der Waals surface area contributed by atoms with Gasteiger partial charge < -0.3 is 15.4 Å². The minimum absolute atomic E-state index is 0.215. The van der Waals surface area contributed by atoms with Crippen molar-refractivity contribution in [3.63, 3.8) is 0 Å². The predicted molar refractivity (Wildman–Crippen MR) is 79.7 cm³/mol. The van der Waals surface area contributed by atoms with E-state index in [9.17, 15) is 0 Å². The van der Waals surface area contributed by atoms with Crippen molar-refractivity contribution in [2.75, 3.05) is 49.7 Å². The fourth-order valence-corrected chi connectivity index (χ4v) is 2.29. The number of aromatic nitrogens is 2. The van der Waals surface area contributed by atoms with Crippen molar-refractivity contribution in [2.24, 2.45) is 5.84 Å². The van der Waals surface area contributed by atoms with Crippen molar-refractivity contribution >= 4 is 11.6 Å². The van der Waals surface area contributed by atoms with E-state index in [0.29, 0.717) is 5.82 Å². The zero-order chi connectivity index (χ0) is 14.5. The molecule has 4 N–H and O–H groups in total. The molecular weight excluding hydrogens is 256 g/mol. The Morgan fingerprint density at radius 2 is 2.00 bits per heavy atom. The Labute approximate surface area is 119 Å². The van der Waals surface area contributed by atoms with Gasteiger partial charge in [0.1, 0.15) is 17.5 Å². The Kier molecular flexibility index (Phi) is 5.11. The molecule has 1 saturated heterocycles. The summed E-state index contributed by atoms with van der Waals surface area (Å²) < 4.78 is 0. The third-order valence-corrected chi connectivity index (χ3v) is 3.51. The van der Waals surface area contributed by atoms with Crippen LogP contribution in [-0.2, 0) is 0 Å². The molecule has 1 aromatic heterocycles. The molecule has 7 nitrogen and oxygen atoms in total. The molecule has 0 saturated carbocycles. The Morgan fingerprint density at radius 3 is 2.55 bits per heavy atom. The van der Waals surface area contributed by atoms with Crippen molar-refractivity contribution in [1.29, 1.82) is 0 Å². The van der Waals surface area contributed by atoms with Gasteiger partial charge >= 0.3 is 0 Å². The van der Waals surface area contributed by atoms with E-state index in [-0.39, 0.29) is 12.5 Å². The van der Waals surface area contributed by atoms with Crippen molar-refractivity contribution in [3.8, 4) is 0 Å². The lowest BCUT2D eigenvalue weighted by molar-refractivity contribution is 0.188. The minimum Gasteiger partial charge on any atom is -0.395 e. The van der Waals surface area contributed by atoms with Crippen LogP contribution in [0.4, 0.5) is 11.6 Å². The number of hydrogen-bond donors (Lipinski definition) is 3. The van der Waals surface area contributed by atoms with E-state index in [4.69, 9.17) is 10.9 Å². The zero-order valence-corrected chi connectivity index (χ0v) is 12.2. The molecule has 112 valence electrons. The fourth-order valence-electron chi connectivity index (χ4n) is 2.29. The molecule has 20 heavy (non-hydrogen) atoms. The largest absolute Gasteiger partial charge is 0.395 e. The zero-order valence-electron chi connectivity index (χ0n) is 12.2. The quantitative estimate of drug-likeness (QED) is 0.516. The van der Waals surface area contributed by atoms with Gasteiger partial charge in [-0.15, -0.1) is 0 Å². The first-order chi connectivity index (χ1) is 9.63. The van der Waals surface area contributed by atoms with E-state index in [2.05, 4.69) is 39.0 Å². The van der Waals surface area contributed by atoms with Gasteiger partial charge in [0.25, 0.3) is 0 Å². The Hall–Kier alpha value is -1.44. The number of anilines is 2. The molecule has 0 radical (unpaired) electrons. The summed E-state index contributed by atoms with van der Waals surface area (Å²) in [5, 5.41) is 8.97. The smallest absolute Gasteiger partial charge is 0.145 e. The standard InChI is InChI=1S/C13H24N6O/c1-10(2)13-15-11(17-14)9-12(16-13)19-5-3-18(4-6-19)7-8-20/h9-10,20H,3-8,14H2,1-2H3,(H,15,16,17). The first kappa shape index (κ1) is 15.0. The first-order valence-electron chi connectivity index (χ1n) is 7.07. The summed E-state index contributed by atoms with van der Waals surface area (Å²) in [6.45, 7) is 8.77. The van der Waals surface area contributed by atoms with Crippen LogP contribution in [-0.4, -0.2) is 59.3 Å². The van der Waals surface area contributed by atoms with Crippen molar-refractivity contribution in [2.45, 2.75) is 19.8 Å². The number of nitrogens with zero attached hydrogens (tertiary/aromatic N) is 4. The third kappa shape index (κ3) is 3.56. The molecular formula is C13H24N6O. The molecule has 7 heteroatoms. The summed E-state index contributed by atoms with van der Waals surface area (Å²) in [5.74, 6) is 8.11. The molecule has 2 heterocycles. The van der Waals surface area contributed by atoms with Crippen LogP contribution >= 0.6 is 0 Å². The number of aliphatic hydroxyl groups is 1. The number of β-amino-alcohol motifs (C(OH)–C–C–N with tert-alkyl or cyclic N) is 1. The Morgan fingerprint density at radius 1 is 1.30 bits per heavy atom. The molecule has 0 aromatic carbocycles. The SMILES string of the molecule is CC(C)c1nc(NN)cc(N2CCN(CCO)CC2)n1. The molecule has 0 aliphatic carbocycles. The molecule has 0 atom stereocenters. The molecule has 0 spiro atoms. The summed E-state index contributed by atoms with van der Waals surface area (Å²) >= 11 is 0. The van der Waals surface area contributed by atoms with Crippen LogP contribution in [0.5, 0.6) is 0 Å². The number of rotatable bonds is 5. The van der Waals surface area contributed by atoms with E-state index in [1.807, 2.05) is 6.07 Å². The van der Waals surface area contributed by atoms with E-state index < -0.39 is 0 Å². The van der Waals surface area contributed by atoms with Crippen molar-refractivity contribution < 1.29 is 5.11 Å².